The summed E-state index contributed by atoms with van der Waals surface area (Å²) < 4.78 is 17.0. The van der Waals surface area contributed by atoms with Crippen LogP contribution in [0.15, 0.2) is 36.4 Å². The van der Waals surface area contributed by atoms with Crippen molar-refractivity contribution in [1.29, 1.82) is 0 Å². The molecule has 0 fully saturated rings. The summed E-state index contributed by atoms with van der Waals surface area (Å²) in [6.07, 6.45) is 0. The molecule has 51 heavy (non-hydrogen) atoms. The molecule has 0 N–H and O–H groups in total. The Morgan fingerprint density at radius 2 is 0.922 bits per heavy atom. The molecule has 6 rings (SSSR count). The Hall–Kier alpha value is -3.93. The minimum atomic E-state index is -0.739. The van der Waals surface area contributed by atoms with Gasteiger partial charge in [-0.05, 0) is 150 Å². The Bertz CT molecular complexity index is 1930. The Morgan fingerprint density at radius 3 is 1.47 bits per heavy atom. The zero-order valence-corrected chi connectivity index (χ0v) is 34.4. The van der Waals surface area contributed by atoms with E-state index in [1.807, 2.05) is 96.1 Å². The molecule has 6 nitrogen and oxygen atoms in total. The molecule has 3 aromatic rings. The number of Topliss-reactive ketones (excluding diaryl/α,β-unsaturated/α-hetero) is 1. The zero-order valence-electron chi connectivity index (χ0n) is 34.4. The molecule has 3 aromatic carbocycles. The summed E-state index contributed by atoms with van der Waals surface area (Å²) in [5.74, 6) is 1.48. The van der Waals surface area contributed by atoms with E-state index in [0.717, 1.165) is 44.9 Å². The predicted octanol–water partition coefficient (Wildman–Crippen LogP) is 10.2. The van der Waals surface area contributed by atoms with Crippen molar-refractivity contribution in [2.45, 2.75) is 152 Å². The first-order valence-electron chi connectivity index (χ1n) is 18.1. The van der Waals surface area contributed by atoms with E-state index < -0.39 is 27.4 Å². The van der Waals surface area contributed by atoms with Gasteiger partial charge in [0.15, 0.2) is 11.4 Å². The first-order valence-corrected chi connectivity index (χ1v) is 18.1. The summed E-state index contributed by atoms with van der Waals surface area (Å²) >= 11 is 0. The van der Waals surface area contributed by atoms with Gasteiger partial charge in [0, 0.05) is 16.5 Å². The third kappa shape index (κ3) is 6.76. The highest BCUT2D eigenvalue weighted by atomic mass is 16.6. The van der Waals surface area contributed by atoms with E-state index in [2.05, 4.69) is 65.0 Å². The number of rotatable bonds is 0. The van der Waals surface area contributed by atoms with Gasteiger partial charge in [-0.2, -0.15) is 0 Å². The lowest BCUT2D eigenvalue weighted by Gasteiger charge is -2.44. The zero-order chi connectivity index (χ0) is 39.0. The van der Waals surface area contributed by atoms with E-state index in [1.165, 1.54) is 22.3 Å². The lowest BCUT2D eigenvalue weighted by atomic mass is 9.62. The van der Waals surface area contributed by atoms with E-state index in [0.29, 0.717) is 0 Å². The number of carbonyl (C=O) groups is 3. The monoisotopic (exact) mass is 696 g/mol. The highest BCUT2D eigenvalue weighted by Gasteiger charge is 2.51. The van der Waals surface area contributed by atoms with Gasteiger partial charge >= 0.3 is 11.9 Å². The fraction of sp³-hybridized carbons (Fsp3) is 0.533. The van der Waals surface area contributed by atoms with Crippen LogP contribution in [0.25, 0.3) is 0 Å². The van der Waals surface area contributed by atoms with Crippen LogP contribution in [0.3, 0.4) is 0 Å². The maximum absolute atomic E-state index is 12.4. The van der Waals surface area contributed by atoms with Crippen LogP contribution in [0.2, 0.25) is 0 Å². The molecule has 0 aliphatic carbocycles. The molecule has 0 aromatic heterocycles. The average Bonchev–Trinajstić information content (AvgIpc) is 2.95. The summed E-state index contributed by atoms with van der Waals surface area (Å²) in [7, 11) is 0. The molecule has 0 bridgehead atoms. The number of carbonyl (C=O) groups excluding carboxylic acids is 3. The second kappa shape index (κ2) is 12.6. The molecule has 0 spiro atoms. The quantitative estimate of drug-likeness (QED) is 0.172. The van der Waals surface area contributed by atoms with Crippen molar-refractivity contribution in [3.8, 4) is 11.5 Å². The van der Waals surface area contributed by atoms with Crippen molar-refractivity contribution in [3.05, 3.63) is 92.0 Å². The summed E-state index contributed by atoms with van der Waals surface area (Å²) in [5.41, 5.74) is 8.37. The molecule has 276 valence electrons. The minimum Gasteiger partial charge on any atom is -0.480 e. The van der Waals surface area contributed by atoms with E-state index in [9.17, 15) is 14.4 Å². The van der Waals surface area contributed by atoms with Crippen LogP contribution in [-0.2, 0) is 41.0 Å². The van der Waals surface area contributed by atoms with Crippen molar-refractivity contribution in [2.75, 3.05) is 0 Å². The molecule has 0 saturated heterocycles. The van der Waals surface area contributed by atoms with Gasteiger partial charge in [-0.15, -0.1) is 0 Å². The second-order valence-corrected chi connectivity index (χ2v) is 18.1. The van der Waals surface area contributed by atoms with Crippen LogP contribution in [0.5, 0.6) is 11.5 Å². The van der Waals surface area contributed by atoms with Crippen molar-refractivity contribution < 1.29 is 28.6 Å². The lowest BCUT2D eigenvalue weighted by molar-refractivity contribution is -0.167. The molecular weight excluding hydrogens is 636 g/mol. The van der Waals surface area contributed by atoms with Crippen LogP contribution < -0.4 is 9.47 Å². The number of hydrogen-bond donors (Lipinski definition) is 0. The molecule has 0 atom stereocenters. The molecule has 3 aliphatic heterocycles. The van der Waals surface area contributed by atoms with Crippen molar-refractivity contribution in [3.63, 3.8) is 0 Å². The van der Waals surface area contributed by atoms with Gasteiger partial charge in [-0.3, -0.25) is 14.4 Å². The van der Waals surface area contributed by atoms with Crippen molar-refractivity contribution >= 4 is 17.7 Å². The molecule has 6 heteroatoms. The first kappa shape index (κ1) is 39.8. The number of fused-ring (bicyclic) bond motifs is 3. The van der Waals surface area contributed by atoms with Gasteiger partial charge in [0.2, 0.25) is 0 Å². The van der Waals surface area contributed by atoms with Gasteiger partial charge in [0.05, 0.1) is 16.2 Å². The van der Waals surface area contributed by atoms with Gasteiger partial charge in [-0.1, -0.05) is 55.3 Å². The third-order valence-electron chi connectivity index (χ3n) is 11.5. The topological polar surface area (TPSA) is 78.9 Å². The Balaban J connectivity index is 0.000000172. The van der Waals surface area contributed by atoms with Crippen LogP contribution in [0, 0.1) is 47.0 Å². The molecule has 0 saturated carbocycles. The van der Waals surface area contributed by atoms with E-state index in [1.54, 1.807) is 0 Å². The molecular formula is C45H60O6. The Kier molecular flexibility index (Phi) is 9.87. The highest BCUT2D eigenvalue weighted by Crippen LogP contribution is 2.51. The Labute approximate surface area is 306 Å². The normalized spacial score (nSPS) is 20.7. The van der Waals surface area contributed by atoms with Crippen LogP contribution >= 0.6 is 0 Å². The van der Waals surface area contributed by atoms with E-state index >= 15 is 0 Å². The molecule has 0 radical (unpaired) electrons. The fourth-order valence-electron chi connectivity index (χ4n) is 8.15. The van der Waals surface area contributed by atoms with Crippen LogP contribution in [0.4, 0.5) is 0 Å². The maximum atomic E-state index is 12.4. The smallest absolute Gasteiger partial charge is 0.317 e. The first-order chi connectivity index (χ1) is 23.0. The number of ether oxygens (including phenoxy) is 3. The number of cyclic esters (lactones) is 1. The van der Waals surface area contributed by atoms with Crippen molar-refractivity contribution in [2.24, 2.45) is 5.41 Å². The van der Waals surface area contributed by atoms with Crippen LogP contribution in [0.1, 0.15) is 139 Å². The second-order valence-electron chi connectivity index (χ2n) is 18.1. The van der Waals surface area contributed by atoms with Gasteiger partial charge in [0.1, 0.15) is 17.1 Å². The number of hydrogen-bond acceptors (Lipinski definition) is 6. The molecule has 0 amide bonds. The summed E-state index contributed by atoms with van der Waals surface area (Å²) in [6, 6.07) is 12.6. The average molecular weight is 697 g/mol. The molecule has 3 heterocycles. The van der Waals surface area contributed by atoms with Gasteiger partial charge < -0.3 is 14.2 Å². The SMILES string of the molecule is Cc1cc(C)c2c(c1)C(C)(C)C(C)(C)C(=O)O2.Cc1cc(C)c2c(c1)C(C)(C)OC(=O)C2(C)C.Cc1cc(C)c2c(c1)OC(C)(C)C(=O)C2(C)C. The Morgan fingerprint density at radius 1 is 0.451 bits per heavy atom. The summed E-state index contributed by atoms with van der Waals surface area (Å²) in [6.45, 7) is 35.9. The maximum Gasteiger partial charge on any atom is 0.317 e. The molecule has 3 aliphatic rings. The highest BCUT2D eigenvalue weighted by molar-refractivity contribution is 5.98. The minimum absolute atomic E-state index is 0.137. The van der Waals surface area contributed by atoms with Crippen molar-refractivity contribution in [1.82, 2.24) is 0 Å². The number of benzene rings is 3. The lowest BCUT2D eigenvalue weighted by Crippen LogP contribution is -2.52. The predicted molar refractivity (Wildman–Crippen MR) is 205 cm³/mol. The number of aryl methyl sites for hydroxylation is 6. The van der Waals surface area contributed by atoms with E-state index in [-0.39, 0.29) is 23.1 Å². The number of esters is 2. The summed E-state index contributed by atoms with van der Waals surface area (Å²) in [5, 5.41) is 0. The summed E-state index contributed by atoms with van der Waals surface area (Å²) in [4.78, 5) is 36.7. The van der Waals surface area contributed by atoms with Gasteiger partial charge in [-0.25, -0.2) is 0 Å². The molecule has 0 unspecified atom stereocenters. The van der Waals surface area contributed by atoms with Crippen LogP contribution in [-0.4, -0.2) is 23.3 Å². The van der Waals surface area contributed by atoms with E-state index in [4.69, 9.17) is 14.2 Å². The standard InChI is InChI=1S/3C15H20O2/c1-9-7-10(2)12-11(8-9)17-15(5,6)13(16)14(12,3)4;1-9-7-10(2)12-11(8-9)15(5,6)17-13(16)14(12,3)4;1-9-7-10(2)12-11(8-9)14(3,4)15(5,6)13(16)17-12/h3*7-8H,1-6H3. The largest absolute Gasteiger partial charge is 0.480 e. The third-order valence-corrected chi connectivity index (χ3v) is 11.5. The van der Waals surface area contributed by atoms with Gasteiger partial charge in [0.25, 0.3) is 0 Å². The fourth-order valence-corrected chi connectivity index (χ4v) is 8.15. The number of ketones is 1.